The molecule has 0 heterocycles. The zero-order chi connectivity index (χ0) is 15.5. The Bertz CT molecular complexity index is 676. The summed E-state index contributed by atoms with van der Waals surface area (Å²) in [7, 11) is 0. The van der Waals surface area contributed by atoms with Crippen molar-refractivity contribution < 1.29 is 9.90 Å². The van der Waals surface area contributed by atoms with Gasteiger partial charge in [-0.25, -0.2) is 4.79 Å². The molecule has 2 nitrogen and oxygen atoms in total. The van der Waals surface area contributed by atoms with Crippen LogP contribution in [-0.4, -0.2) is 21.6 Å². The molecule has 0 saturated heterocycles. The first kappa shape index (κ1) is 15.6. The van der Waals surface area contributed by atoms with Crippen molar-refractivity contribution in [2.24, 2.45) is 0 Å². The average Bonchev–Trinajstić information content (AvgIpc) is 2.42. The number of rotatable bonds is 4. The summed E-state index contributed by atoms with van der Waals surface area (Å²) in [5.41, 5.74) is 1.39. The Morgan fingerprint density at radius 1 is 1.14 bits per heavy atom. The zero-order valence-corrected chi connectivity index (χ0v) is 13.4. The van der Waals surface area contributed by atoms with Crippen molar-refractivity contribution in [1.29, 1.82) is 0 Å². The lowest BCUT2D eigenvalue weighted by Crippen LogP contribution is -2.12. The summed E-state index contributed by atoms with van der Waals surface area (Å²) in [6, 6.07) is 14.0. The van der Waals surface area contributed by atoms with Crippen molar-refractivity contribution in [2.75, 3.05) is 5.75 Å². The van der Waals surface area contributed by atoms with Crippen LogP contribution in [0.25, 0.3) is 16.8 Å². The maximum atomic E-state index is 11.5. The number of carbonyl (C=O) groups is 1. The van der Waals surface area contributed by atoms with E-state index in [0.29, 0.717) is 11.3 Å². The van der Waals surface area contributed by atoms with Crippen LogP contribution in [0.4, 0.5) is 0 Å². The highest BCUT2D eigenvalue weighted by Gasteiger charge is 2.15. The number of aliphatic carboxylic acids is 1. The topological polar surface area (TPSA) is 37.3 Å². The molecule has 3 heteroatoms. The first-order valence-corrected chi connectivity index (χ1v) is 7.91. The van der Waals surface area contributed by atoms with Crippen molar-refractivity contribution in [1.82, 2.24) is 0 Å². The number of carboxylic acids is 1. The van der Waals surface area contributed by atoms with Gasteiger partial charge in [-0.3, -0.25) is 0 Å². The molecule has 110 valence electrons. The third-order valence-electron chi connectivity index (χ3n) is 3.09. The number of fused-ring (bicyclic) bond motifs is 1. The van der Waals surface area contributed by atoms with Crippen LogP contribution in [0.15, 0.2) is 48.0 Å². The third kappa shape index (κ3) is 4.36. The highest BCUT2D eigenvalue weighted by molar-refractivity contribution is 8.00. The Labute approximate surface area is 129 Å². The summed E-state index contributed by atoms with van der Waals surface area (Å²) >= 11 is 1.65. The highest BCUT2D eigenvalue weighted by atomic mass is 32.2. The smallest absolute Gasteiger partial charge is 0.332 e. The van der Waals surface area contributed by atoms with Gasteiger partial charge in [-0.2, -0.15) is 11.8 Å². The van der Waals surface area contributed by atoms with Gasteiger partial charge in [-0.05, 0) is 22.4 Å². The molecule has 0 aliphatic rings. The van der Waals surface area contributed by atoms with Gasteiger partial charge in [0, 0.05) is 16.1 Å². The second-order valence-electron chi connectivity index (χ2n) is 5.94. The van der Waals surface area contributed by atoms with Crippen molar-refractivity contribution in [3.63, 3.8) is 0 Å². The van der Waals surface area contributed by atoms with Gasteiger partial charge in [-0.1, -0.05) is 63.2 Å². The fraction of sp³-hybridized carbons (Fsp3) is 0.278. The molecule has 0 saturated carbocycles. The minimum atomic E-state index is -0.848. The van der Waals surface area contributed by atoms with Crippen LogP contribution in [0.3, 0.4) is 0 Å². The number of carboxylic acid groups (broad SMARTS) is 1. The number of hydrogen-bond acceptors (Lipinski definition) is 2. The van der Waals surface area contributed by atoms with E-state index in [9.17, 15) is 9.90 Å². The van der Waals surface area contributed by atoms with Crippen LogP contribution < -0.4 is 0 Å². The lowest BCUT2D eigenvalue weighted by atomic mass is 10.0. The molecule has 2 aromatic rings. The summed E-state index contributed by atoms with van der Waals surface area (Å²) in [4.78, 5) is 11.5. The lowest BCUT2D eigenvalue weighted by molar-refractivity contribution is -0.132. The molecule has 1 N–H and O–H groups in total. The highest BCUT2D eigenvalue weighted by Crippen LogP contribution is 2.27. The zero-order valence-electron chi connectivity index (χ0n) is 12.6. The van der Waals surface area contributed by atoms with Crippen LogP contribution in [0.1, 0.15) is 26.3 Å². The standard InChI is InChI=1S/C18H20O2S/c1-18(2,3)21-12-15(17(19)20)11-14-9-6-8-13-7-4-5-10-16(13)14/h4-11H,12H2,1-3H3,(H,19,20)/b15-11-. The van der Waals surface area contributed by atoms with Crippen molar-refractivity contribution in [2.45, 2.75) is 25.5 Å². The molecule has 0 bridgehead atoms. The Morgan fingerprint density at radius 2 is 1.81 bits per heavy atom. The van der Waals surface area contributed by atoms with Gasteiger partial charge in [-0.15, -0.1) is 0 Å². The van der Waals surface area contributed by atoms with Crippen molar-refractivity contribution in [3.05, 3.63) is 53.6 Å². The molecule has 2 rings (SSSR count). The van der Waals surface area contributed by atoms with Gasteiger partial charge in [0.1, 0.15) is 0 Å². The molecule has 0 amide bonds. The molecule has 0 fully saturated rings. The average molecular weight is 300 g/mol. The molecule has 0 spiro atoms. The Morgan fingerprint density at radius 3 is 2.48 bits per heavy atom. The molecule has 21 heavy (non-hydrogen) atoms. The minimum absolute atomic E-state index is 0.0489. The quantitative estimate of drug-likeness (QED) is 0.821. The summed E-state index contributed by atoms with van der Waals surface area (Å²) in [6.45, 7) is 6.28. The van der Waals surface area contributed by atoms with E-state index in [4.69, 9.17) is 0 Å². The molecule has 0 aliphatic heterocycles. The predicted octanol–water partition coefficient (Wildman–Crippen LogP) is 4.84. The largest absolute Gasteiger partial charge is 0.478 e. The van der Waals surface area contributed by atoms with Gasteiger partial charge in [0.05, 0.1) is 0 Å². The molecule has 0 radical (unpaired) electrons. The second-order valence-corrected chi connectivity index (χ2v) is 7.75. The first-order valence-electron chi connectivity index (χ1n) is 6.92. The second kappa shape index (κ2) is 6.35. The maximum absolute atomic E-state index is 11.5. The molecular formula is C18H20O2S. The summed E-state index contributed by atoms with van der Waals surface area (Å²) < 4.78 is 0.0489. The third-order valence-corrected chi connectivity index (χ3v) is 4.41. The molecule has 2 aromatic carbocycles. The maximum Gasteiger partial charge on any atom is 0.332 e. The van der Waals surface area contributed by atoms with Crippen molar-refractivity contribution >= 4 is 34.6 Å². The van der Waals surface area contributed by atoms with E-state index in [1.165, 1.54) is 0 Å². The normalized spacial score (nSPS) is 12.6. The minimum Gasteiger partial charge on any atom is -0.478 e. The summed E-state index contributed by atoms with van der Waals surface area (Å²) in [5.74, 6) is -0.345. The van der Waals surface area contributed by atoms with E-state index in [2.05, 4.69) is 20.8 Å². The summed E-state index contributed by atoms with van der Waals surface area (Å²) in [6.07, 6.45) is 1.80. The fourth-order valence-electron chi connectivity index (χ4n) is 2.02. The summed E-state index contributed by atoms with van der Waals surface area (Å²) in [5, 5.41) is 11.6. The van der Waals surface area contributed by atoms with E-state index in [1.54, 1.807) is 17.8 Å². The molecule has 0 unspecified atom stereocenters. The SMILES string of the molecule is CC(C)(C)SC/C(=C/c1cccc2ccccc12)C(=O)O. The van der Waals surface area contributed by atoms with Crippen LogP contribution in [0.2, 0.25) is 0 Å². The first-order chi connectivity index (χ1) is 9.87. The number of hydrogen-bond donors (Lipinski definition) is 1. The molecular weight excluding hydrogens is 280 g/mol. The fourth-order valence-corrected chi connectivity index (χ4v) is 2.82. The molecule has 0 aliphatic carbocycles. The Kier molecular flexibility index (Phi) is 4.73. The monoisotopic (exact) mass is 300 g/mol. The van der Waals surface area contributed by atoms with Crippen molar-refractivity contribution in [3.8, 4) is 0 Å². The lowest BCUT2D eigenvalue weighted by Gasteiger charge is -2.17. The van der Waals surface area contributed by atoms with Gasteiger partial charge in [0.25, 0.3) is 0 Å². The van der Waals surface area contributed by atoms with E-state index in [1.807, 2.05) is 42.5 Å². The Balaban J connectivity index is 2.38. The van der Waals surface area contributed by atoms with E-state index >= 15 is 0 Å². The van der Waals surface area contributed by atoms with Crippen LogP contribution in [-0.2, 0) is 4.79 Å². The van der Waals surface area contributed by atoms with Crippen LogP contribution in [0, 0.1) is 0 Å². The van der Waals surface area contributed by atoms with E-state index < -0.39 is 5.97 Å². The van der Waals surface area contributed by atoms with E-state index in [0.717, 1.165) is 16.3 Å². The van der Waals surface area contributed by atoms with E-state index in [-0.39, 0.29) is 4.75 Å². The van der Waals surface area contributed by atoms with Gasteiger partial charge in [0.15, 0.2) is 0 Å². The molecule has 0 aromatic heterocycles. The van der Waals surface area contributed by atoms with Crippen LogP contribution >= 0.6 is 11.8 Å². The predicted molar refractivity (Wildman–Crippen MR) is 91.8 cm³/mol. The van der Waals surface area contributed by atoms with Gasteiger partial charge >= 0.3 is 5.97 Å². The number of benzene rings is 2. The number of thioether (sulfide) groups is 1. The van der Waals surface area contributed by atoms with Gasteiger partial charge in [0.2, 0.25) is 0 Å². The van der Waals surface area contributed by atoms with Crippen LogP contribution in [0.5, 0.6) is 0 Å². The molecule has 0 atom stereocenters. The van der Waals surface area contributed by atoms with Gasteiger partial charge < -0.3 is 5.11 Å². The Hall–Kier alpha value is -1.74.